The minimum Gasteiger partial charge on any atom is -0.496 e. The van der Waals surface area contributed by atoms with E-state index >= 15 is 0 Å². The topological polar surface area (TPSA) is 41.5 Å². The van der Waals surface area contributed by atoms with Crippen molar-refractivity contribution in [1.29, 1.82) is 0 Å². The van der Waals surface area contributed by atoms with Crippen LogP contribution in [0.25, 0.3) is 10.8 Å². The van der Waals surface area contributed by atoms with Gasteiger partial charge in [0.05, 0.1) is 13.2 Å². The highest BCUT2D eigenvalue weighted by atomic mass is 16.5. The molecule has 1 fully saturated rings. The maximum atomic E-state index is 9.64. The lowest BCUT2D eigenvalue weighted by Gasteiger charge is -2.29. The molecule has 2 aromatic rings. The Hall–Kier alpha value is -1.58. The maximum Gasteiger partial charge on any atom is 0.126 e. The minimum absolute atomic E-state index is 0.102. The van der Waals surface area contributed by atoms with Crippen molar-refractivity contribution in [2.24, 2.45) is 0 Å². The van der Waals surface area contributed by atoms with Crippen LogP contribution < -0.4 is 10.1 Å². The van der Waals surface area contributed by atoms with Crippen LogP contribution in [0.4, 0.5) is 0 Å². The number of methoxy groups -OCH3 is 1. The van der Waals surface area contributed by atoms with Gasteiger partial charge in [0.2, 0.25) is 0 Å². The molecule has 0 bridgehead atoms. The van der Waals surface area contributed by atoms with E-state index in [4.69, 9.17) is 4.74 Å². The lowest BCUT2D eigenvalue weighted by molar-refractivity contribution is 0.114. The number of hydrogen-bond donors (Lipinski definition) is 2. The van der Waals surface area contributed by atoms with Crippen molar-refractivity contribution in [2.75, 3.05) is 7.11 Å². The van der Waals surface area contributed by atoms with E-state index < -0.39 is 0 Å². The molecule has 22 heavy (non-hydrogen) atoms. The van der Waals surface area contributed by atoms with E-state index in [1.807, 2.05) is 0 Å². The molecule has 0 saturated heterocycles. The first kappa shape index (κ1) is 15.3. The van der Waals surface area contributed by atoms with Gasteiger partial charge in [0.25, 0.3) is 0 Å². The standard InChI is InChI=1S/C19H25NO2/c1-13(20-14-7-9-15(21)10-8-14)16-11-12-19(22-2)18-6-4-3-5-17(16)18/h3-6,11-15,20-21H,7-10H2,1-2H3. The van der Waals surface area contributed by atoms with Gasteiger partial charge in [-0.25, -0.2) is 0 Å². The second kappa shape index (κ2) is 6.67. The molecule has 0 aliphatic heterocycles. The Morgan fingerprint density at radius 1 is 1.05 bits per heavy atom. The smallest absolute Gasteiger partial charge is 0.126 e. The Balaban J connectivity index is 1.83. The number of benzene rings is 2. The van der Waals surface area contributed by atoms with Gasteiger partial charge in [-0.15, -0.1) is 0 Å². The number of rotatable bonds is 4. The lowest BCUT2D eigenvalue weighted by atomic mass is 9.91. The summed E-state index contributed by atoms with van der Waals surface area (Å²) in [6.45, 7) is 2.22. The monoisotopic (exact) mass is 299 g/mol. The van der Waals surface area contributed by atoms with E-state index in [1.54, 1.807) is 7.11 Å². The molecular weight excluding hydrogens is 274 g/mol. The second-order valence-electron chi connectivity index (χ2n) is 6.30. The molecule has 2 N–H and O–H groups in total. The zero-order valence-electron chi connectivity index (χ0n) is 13.4. The molecular formula is C19H25NO2. The summed E-state index contributed by atoms with van der Waals surface area (Å²) in [7, 11) is 1.72. The fourth-order valence-corrected chi connectivity index (χ4v) is 3.54. The van der Waals surface area contributed by atoms with Crippen LogP contribution in [0.5, 0.6) is 5.75 Å². The summed E-state index contributed by atoms with van der Waals surface area (Å²) < 4.78 is 5.48. The van der Waals surface area contributed by atoms with Crippen molar-refractivity contribution < 1.29 is 9.84 Å². The minimum atomic E-state index is -0.102. The zero-order valence-corrected chi connectivity index (χ0v) is 13.4. The van der Waals surface area contributed by atoms with Crippen LogP contribution in [-0.2, 0) is 0 Å². The molecule has 0 heterocycles. The quantitative estimate of drug-likeness (QED) is 0.902. The normalized spacial score (nSPS) is 23.4. The molecule has 0 radical (unpaired) electrons. The SMILES string of the molecule is COc1ccc(C(C)NC2CCC(O)CC2)c2ccccc12. The van der Waals surface area contributed by atoms with Crippen molar-refractivity contribution in [3.63, 3.8) is 0 Å². The van der Waals surface area contributed by atoms with Gasteiger partial charge in [0.15, 0.2) is 0 Å². The highest BCUT2D eigenvalue weighted by Gasteiger charge is 2.21. The van der Waals surface area contributed by atoms with E-state index in [0.29, 0.717) is 6.04 Å². The fraction of sp³-hybridized carbons (Fsp3) is 0.474. The molecule has 0 amide bonds. The average Bonchev–Trinajstić information content (AvgIpc) is 2.56. The van der Waals surface area contributed by atoms with E-state index in [9.17, 15) is 5.11 Å². The molecule has 2 aromatic carbocycles. The van der Waals surface area contributed by atoms with E-state index in [1.165, 1.54) is 10.9 Å². The summed E-state index contributed by atoms with van der Waals surface area (Å²) in [4.78, 5) is 0. The zero-order chi connectivity index (χ0) is 15.5. The van der Waals surface area contributed by atoms with Crippen molar-refractivity contribution in [1.82, 2.24) is 5.32 Å². The highest BCUT2D eigenvalue weighted by Crippen LogP contribution is 2.32. The number of hydrogen-bond acceptors (Lipinski definition) is 3. The molecule has 1 atom stereocenters. The maximum absolute atomic E-state index is 9.64. The number of ether oxygens (including phenoxy) is 1. The fourth-order valence-electron chi connectivity index (χ4n) is 3.54. The Morgan fingerprint density at radius 2 is 1.73 bits per heavy atom. The summed E-state index contributed by atoms with van der Waals surface area (Å²) in [6, 6.07) is 13.4. The second-order valence-corrected chi connectivity index (χ2v) is 6.30. The number of aliphatic hydroxyl groups excluding tert-OH is 1. The van der Waals surface area contributed by atoms with E-state index in [0.717, 1.165) is 36.8 Å². The average molecular weight is 299 g/mol. The van der Waals surface area contributed by atoms with Gasteiger partial charge >= 0.3 is 0 Å². The van der Waals surface area contributed by atoms with Crippen LogP contribution in [-0.4, -0.2) is 24.4 Å². The third kappa shape index (κ3) is 3.11. The van der Waals surface area contributed by atoms with Gasteiger partial charge in [0.1, 0.15) is 5.75 Å². The summed E-state index contributed by atoms with van der Waals surface area (Å²) in [5.74, 6) is 0.923. The molecule has 3 rings (SSSR count). The number of fused-ring (bicyclic) bond motifs is 1. The first-order valence-corrected chi connectivity index (χ1v) is 8.18. The summed E-state index contributed by atoms with van der Waals surface area (Å²) in [6.07, 6.45) is 3.83. The first-order chi connectivity index (χ1) is 10.7. The summed E-state index contributed by atoms with van der Waals surface area (Å²) in [5.41, 5.74) is 1.31. The van der Waals surface area contributed by atoms with Crippen LogP contribution in [0, 0.1) is 0 Å². The van der Waals surface area contributed by atoms with Crippen LogP contribution in [0.3, 0.4) is 0 Å². The molecule has 118 valence electrons. The Labute approximate surface area is 132 Å². The van der Waals surface area contributed by atoms with Crippen molar-refractivity contribution >= 4 is 10.8 Å². The molecule has 1 aliphatic carbocycles. The number of aliphatic hydroxyl groups is 1. The first-order valence-electron chi connectivity index (χ1n) is 8.18. The Morgan fingerprint density at radius 3 is 2.41 bits per heavy atom. The van der Waals surface area contributed by atoms with Gasteiger partial charge in [-0.1, -0.05) is 30.3 Å². The van der Waals surface area contributed by atoms with Gasteiger partial charge < -0.3 is 15.2 Å². The number of nitrogens with one attached hydrogen (secondary N) is 1. The Kier molecular flexibility index (Phi) is 4.65. The Bertz CT molecular complexity index is 632. The van der Waals surface area contributed by atoms with Gasteiger partial charge in [0, 0.05) is 17.5 Å². The molecule has 1 saturated carbocycles. The molecule has 0 spiro atoms. The third-order valence-corrected chi connectivity index (χ3v) is 4.79. The summed E-state index contributed by atoms with van der Waals surface area (Å²) in [5, 5.41) is 15.8. The van der Waals surface area contributed by atoms with Crippen molar-refractivity contribution in [2.45, 2.75) is 50.8 Å². The summed E-state index contributed by atoms with van der Waals surface area (Å²) >= 11 is 0. The van der Waals surface area contributed by atoms with Gasteiger partial charge in [-0.2, -0.15) is 0 Å². The predicted octanol–water partition coefficient (Wildman–Crippen LogP) is 3.80. The van der Waals surface area contributed by atoms with Crippen molar-refractivity contribution in [3.8, 4) is 5.75 Å². The van der Waals surface area contributed by atoms with E-state index in [2.05, 4.69) is 48.6 Å². The lowest BCUT2D eigenvalue weighted by Crippen LogP contribution is -2.36. The molecule has 0 aromatic heterocycles. The molecule has 1 unspecified atom stereocenters. The van der Waals surface area contributed by atoms with Crippen LogP contribution in [0.1, 0.15) is 44.2 Å². The van der Waals surface area contributed by atoms with E-state index in [-0.39, 0.29) is 12.1 Å². The third-order valence-electron chi connectivity index (χ3n) is 4.79. The van der Waals surface area contributed by atoms with Gasteiger partial charge in [-0.3, -0.25) is 0 Å². The van der Waals surface area contributed by atoms with Crippen LogP contribution >= 0.6 is 0 Å². The van der Waals surface area contributed by atoms with Crippen molar-refractivity contribution in [3.05, 3.63) is 42.0 Å². The predicted molar refractivity (Wildman–Crippen MR) is 90.3 cm³/mol. The largest absolute Gasteiger partial charge is 0.496 e. The van der Waals surface area contributed by atoms with Gasteiger partial charge in [-0.05, 0) is 49.6 Å². The molecule has 3 nitrogen and oxygen atoms in total. The molecule has 1 aliphatic rings. The van der Waals surface area contributed by atoms with Crippen LogP contribution in [0.2, 0.25) is 0 Å². The van der Waals surface area contributed by atoms with Crippen LogP contribution in [0.15, 0.2) is 36.4 Å². The molecule has 3 heteroatoms. The highest BCUT2D eigenvalue weighted by molar-refractivity contribution is 5.91.